The molecule has 0 unspecified atom stereocenters. The lowest BCUT2D eigenvalue weighted by molar-refractivity contribution is 0.194. The van der Waals surface area contributed by atoms with Crippen LogP contribution in [0.5, 0.6) is 0 Å². The van der Waals surface area contributed by atoms with Crippen molar-refractivity contribution < 1.29 is 4.74 Å². The first-order valence-corrected chi connectivity index (χ1v) is 3.71. The van der Waals surface area contributed by atoms with Gasteiger partial charge in [-0.15, -0.1) is 13.2 Å². The highest BCUT2D eigenvalue weighted by Crippen LogP contribution is 2.14. The van der Waals surface area contributed by atoms with Gasteiger partial charge in [0.2, 0.25) is 0 Å². The Kier molecular flexibility index (Phi) is 7.97. The van der Waals surface area contributed by atoms with Crippen molar-refractivity contribution in [3.63, 3.8) is 0 Å². The van der Waals surface area contributed by atoms with Crippen LogP contribution in [0.1, 0.15) is 19.3 Å². The molecule has 0 bridgehead atoms. The molecule has 0 aromatic carbocycles. The van der Waals surface area contributed by atoms with E-state index in [0.29, 0.717) is 13.2 Å². The largest absolute Gasteiger partial charge is 0.373 e. The van der Waals surface area contributed by atoms with Crippen LogP contribution in [-0.2, 0) is 4.74 Å². The molecule has 0 N–H and O–H groups in total. The van der Waals surface area contributed by atoms with Crippen molar-refractivity contribution in [1.82, 2.24) is 0 Å². The Bertz CT molecular complexity index is 74.0. The highest BCUT2D eigenvalue weighted by atomic mass is 16.5. The summed E-state index contributed by atoms with van der Waals surface area (Å²) in [6, 6.07) is 0. The monoisotopic (exact) mass is 140 g/mol. The van der Waals surface area contributed by atoms with Gasteiger partial charge in [0.1, 0.15) is 0 Å². The van der Waals surface area contributed by atoms with E-state index in [1.165, 1.54) is 19.3 Å². The van der Waals surface area contributed by atoms with E-state index >= 15 is 0 Å². The lowest BCUT2D eigenvalue weighted by atomic mass is 10.6. The van der Waals surface area contributed by atoms with E-state index in [4.69, 9.17) is 4.74 Å². The molecule has 1 saturated carbocycles. The van der Waals surface area contributed by atoms with Gasteiger partial charge >= 0.3 is 0 Å². The first kappa shape index (κ1) is 9.44. The minimum Gasteiger partial charge on any atom is -0.373 e. The Morgan fingerprint density at radius 1 is 1.00 bits per heavy atom. The van der Waals surface area contributed by atoms with Gasteiger partial charge in [-0.3, -0.25) is 0 Å². The third kappa shape index (κ3) is 15.7. The second-order valence-corrected chi connectivity index (χ2v) is 2.18. The molecule has 0 heterocycles. The third-order valence-corrected chi connectivity index (χ3v) is 0.825. The number of ether oxygens (including phenoxy) is 1. The SMILES string of the molecule is C1CC1.C=CCOCC=C. The predicted molar refractivity (Wildman–Crippen MR) is 45.1 cm³/mol. The fourth-order valence-corrected chi connectivity index (χ4v) is 0.235. The van der Waals surface area contributed by atoms with Crippen molar-refractivity contribution in [2.24, 2.45) is 0 Å². The van der Waals surface area contributed by atoms with Crippen LogP contribution in [0.2, 0.25) is 0 Å². The van der Waals surface area contributed by atoms with E-state index in [2.05, 4.69) is 13.2 Å². The topological polar surface area (TPSA) is 9.23 Å². The number of hydrogen-bond acceptors (Lipinski definition) is 1. The van der Waals surface area contributed by atoms with E-state index in [9.17, 15) is 0 Å². The summed E-state index contributed by atoms with van der Waals surface area (Å²) in [6.45, 7) is 8.18. The van der Waals surface area contributed by atoms with E-state index in [1.54, 1.807) is 12.2 Å². The van der Waals surface area contributed by atoms with Gasteiger partial charge in [0.15, 0.2) is 0 Å². The van der Waals surface area contributed by atoms with Crippen molar-refractivity contribution in [2.75, 3.05) is 13.2 Å². The number of hydrogen-bond donors (Lipinski definition) is 0. The van der Waals surface area contributed by atoms with Gasteiger partial charge in [0, 0.05) is 0 Å². The molecule has 58 valence electrons. The summed E-state index contributed by atoms with van der Waals surface area (Å²) in [5.41, 5.74) is 0. The summed E-state index contributed by atoms with van der Waals surface area (Å²) in [6.07, 6.45) is 7.92. The summed E-state index contributed by atoms with van der Waals surface area (Å²) < 4.78 is 4.90. The molecule has 1 rings (SSSR count). The second-order valence-electron chi connectivity index (χ2n) is 2.18. The first-order valence-electron chi connectivity index (χ1n) is 3.71. The van der Waals surface area contributed by atoms with Crippen molar-refractivity contribution in [1.29, 1.82) is 0 Å². The van der Waals surface area contributed by atoms with Crippen LogP contribution in [0, 0.1) is 0 Å². The van der Waals surface area contributed by atoms with Crippen LogP contribution in [0.15, 0.2) is 25.3 Å². The quantitative estimate of drug-likeness (QED) is 0.430. The van der Waals surface area contributed by atoms with Gasteiger partial charge in [0.05, 0.1) is 13.2 Å². The van der Waals surface area contributed by atoms with Crippen LogP contribution in [-0.4, -0.2) is 13.2 Å². The summed E-state index contributed by atoms with van der Waals surface area (Å²) in [7, 11) is 0. The van der Waals surface area contributed by atoms with Crippen molar-refractivity contribution >= 4 is 0 Å². The molecule has 0 amide bonds. The van der Waals surface area contributed by atoms with Crippen LogP contribution < -0.4 is 0 Å². The first-order chi connectivity index (χ1) is 4.91. The van der Waals surface area contributed by atoms with Crippen molar-refractivity contribution in [3.8, 4) is 0 Å². The molecule has 1 aliphatic rings. The maximum absolute atomic E-state index is 4.90. The Balaban J connectivity index is 0.000000219. The Morgan fingerprint density at radius 2 is 1.40 bits per heavy atom. The van der Waals surface area contributed by atoms with Crippen LogP contribution in [0.3, 0.4) is 0 Å². The highest BCUT2D eigenvalue weighted by Gasteiger charge is 1.95. The van der Waals surface area contributed by atoms with Gasteiger partial charge < -0.3 is 4.74 Å². The van der Waals surface area contributed by atoms with Gasteiger partial charge in [-0.25, -0.2) is 0 Å². The fraction of sp³-hybridized carbons (Fsp3) is 0.556. The summed E-state index contributed by atoms with van der Waals surface area (Å²) in [5.74, 6) is 0. The second kappa shape index (κ2) is 8.44. The maximum Gasteiger partial charge on any atom is 0.0649 e. The maximum atomic E-state index is 4.90. The average molecular weight is 140 g/mol. The molecule has 1 aliphatic carbocycles. The van der Waals surface area contributed by atoms with E-state index in [1.807, 2.05) is 0 Å². The van der Waals surface area contributed by atoms with Gasteiger partial charge in [0.25, 0.3) is 0 Å². The Hall–Kier alpha value is -0.560. The molecule has 0 aromatic rings. The number of rotatable bonds is 4. The Morgan fingerprint density at radius 3 is 1.60 bits per heavy atom. The molecule has 1 fully saturated rings. The predicted octanol–water partition coefficient (Wildman–Crippen LogP) is 2.55. The van der Waals surface area contributed by atoms with Gasteiger partial charge in [-0.1, -0.05) is 31.4 Å². The van der Waals surface area contributed by atoms with Crippen LogP contribution >= 0.6 is 0 Å². The smallest absolute Gasteiger partial charge is 0.0649 e. The van der Waals surface area contributed by atoms with Gasteiger partial charge in [-0.05, 0) is 0 Å². The molecule has 0 aliphatic heterocycles. The third-order valence-electron chi connectivity index (χ3n) is 0.825. The van der Waals surface area contributed by atoms with Crippen molar-refractivity contribution in [2.45, 2.75) is 19.3 Å². The van der Waals surface area contributed by atoms with E-state index in [0.717, 1.165) is 0 Å². The molecular formula is C9H16O. The van der Waals surface area contributed by atoms with E-state index < -0.39 is 0 Å². The molecule has 0 saturated heterocycles. The molecule has 0 spiro atoms. The van der Waals surface area contributed by atoms with Crippen LogP contribution in [0.4, 0.5) is 0 Å². The van der Waals surface area contributed by atoms with Crippen LogP contribution in [0.25, 0.3) is 0 Å². The summed E-state index contributed by atoms with van der Waals surface area (Å²) in [4.78, 5) is 0. The minimum atomic E-state index is 0.617. The van der Waals surface area contributed by atoms with Gasteiger partial charge in [-0.2, -0.15) is 0 Å². The highest BCUT2D eigenvalue weighted by molar-refractivity contribution is 4.68. The Labute approximate surface area is 63.4 Å². The summed E-state index contributed by atoms with van der Waals surface area (Å²) >= 11 is 0. The minimum absolute atomic E-state index is 0.617. The lowest BCUT2D eigenvalue weighted by Crippen LogP contribution is -1.87. The standard InChI is InChI=1S/C6H10O.C3H6/c1-3-5-7-6-4-2;1-2-3-1/h3-4H,1-2,5-6H2;1-3H2. The molecule has 1 heteroatoms. The zero-order valence-electron chi connectivity index (χ0n) is 6.51. The molecule has 0 radical (unpaired) electrons. The molecule has 10 heavy (non-hydrogen) atoms. The molecule has 0 aromatic heterocycles. The fourth-order valence-electron chi connectivity index (χ4n) is 0.235. The average Bonchev–Trinajstić information content (AvgIpc) is 2.73. The summed E-state index contributed by atoms with van der Waals surface area (Å²) in [5, 5.41) is 0. The molecular weight excluding hydrogens is 124 g/mol. The molecule has 1 nitrogen and oxygen atoms in total. The zero-order chi connectivity index (χ0) is 7.66. The zero-order valence-corrected chi connectivity index (χ0v) is 6.51. The normalized spacial score (nSPS) is 12.8. The lowest BCUT2D eigenvalue weighted by Gasteiger charge is -1.89. The molecule has 0 atom stereocenters. The van der Waals surface area contributed by atoms with Crippen molar-refractivity contribution in [3.05, 3.63) is 25.3 Å². The van der Waals surface area contributed by atoms with E-state index in [-0.39, 0.29) is 0 Å².